The Morgan fingerprint density at radius 1 is 1.27 bits per heavy atom. The van der Waals surface area contributed by atoms with E-state index in [0.717, 1.165) is 22.4 Å². The maximum atomic E-state index is 13.5. The Kier molecular flexibility index (Phi) is 3.63. The first kappa shape index (κ1) is 14.3. The highest BCUT2D eigenvalue weighted by Gasteiger charge is 2.09. The first-order valence-corrected chi connectivity index (χ1v) is 7.01. The van der Waals surface area contributed by atoms with E-state index in [1.54, 1.807) is 18.2 Å². The Morgan fingerprint density at radius 3 is 2.82 bits per heavy atom. The molecule has 3 rings (SSSR count). The third-order valence-electron chi connectivity index (χ3n) is 3.68. The predicted octanol–water partition coefficient (Wildman–Crippen LogP) is 3.20. The van der Waals surface area contributed by atoms with Gasteiger partial charge in [0.25, 0.3) is 0 Å². The number of aryl methyl sites for hydroxylation is 2. The number of amides is 1. The predicted molar refractivity (Wildman–Crippen MR) is 84.2 cm³/mol. The first-order valence-electron chi connectivity index (χ1n) is 7.01. The Balaban J connectivity index is 1.78. The average Bonchev–Trinajstić information content (AvgIpc) is 2.76. The van der Waals surface area contributed by atoms with Gasteiger partial charge in [-0.3, -0.25) is 4.79 Å². The maximum absolute atomic E-state index is 13.5. The van der Waals surface area contributed by atoms with Crippen LogP contribution in [-0.4, -0.2) is 15.5 Å². The minimum absolute atomic E-state index is 0.180. The monoisotopic (exact) mass is 297 g/mol. The fourth-order valence-corrected chi connectivity index (χ4v) is 2.42. The van der Waals surface area contributed by atoms with Crippen LogP contribution >= 0.6 is 0 Å². The summed E-state index contributed by atoms with van der Waals surface area (Å²) in [6.07, 6.45) is 0.180. The number of imidazole rings is 1. The fraction of sp³-hybridized carbons (Fsp3) is 0.176. The van der Waals surface area contributed by atoms with E-state index in [1.165, 1.54) is 6.07 Å². The molecule has 0 unspecified atom stereocenters. The molecule has 2 aromatic carbocycles. The SMILES string of the molecule is Cc1nc2cc(CC(=O)Nc3ccccc3F)ccc2n1C. The van der Waals surface area contributed by atoms with Crippen LogP contribution in [0.1, 0.15) is 11.4 Å². The van der Waals surface area contributed by atoms with Gasteiger partial charge < -0.3 is 9.88 Å². The number of hydrogen-bond donors (Lipinski definition) is 1. The number of carbonyl (C=O) groups is 1. The van der Waals surface area contributed by atoms with Crippen LogP contribution in [0, 0.1) is 12.7 Å². The molecule has 3 aromatic rings. The van der Waals surface area contributed by atoms with E-state index in [9.17, 15) is 9.18 Å². The highest BCUT2D eigenvalue weighted by molar-refractivity contribution is 5.93. The molecule has 0 atom stereocenters. The molecule has 0 aliphatic carbocycles. The number of nitrogens with zero attached hydrogens (tertiary/aromatic N) is 2. The lowest BCUT2D eigenvalue weighted by Gasteiger charge is -2.06. The van der Waals surface area contributed by atoms with Crippen molar-refractivity contribution in [2.24, 2.45) is 7.05 Å². The molecule has 1 amide bonds. The molecule has 1 heterocycles. The van der Waals surface area contributed by atoms with Crippen molar-refractivity contribution in [1.82, 2.24) is 9.55 Å². The lowest BCUT2D eigenvalue weighted by atomic mass is 10.1. The van der Waals surface area contributed by atoms with Gasteiger partial charge in [-0.25, -0.2) is 9.37 Å². The van der Waals surface area contributed by atoms with Crippen LogP contribution in [0.2, 0.25) is 0 Å². The molecule has 0 spiro atoms. The minimum Gasteiger partial charge on any atom is -0.331 e. The van der Waals surface area contributed by atoms with Crippen LogP contribution < -0.4 is 5.32 Å². The molecule has 0 aliphatic heterocycles. The van der Waals surface area contributed by atoms with Gasteiger partial charge in [-0.1, -0.05) is 18.2 Å². The number of hydrogen-bond acceptors (Lipinski definition) is 2. The van der Waals surface area contributed by atoms with E-state index in [-0.39, 0.29) is 18.0 Å². The smallest absolute Gasteiger partial charge is 0.228 e. The van der Waals surface area contributed by atoms with Gasteiger partial charge in [-0.15, -0.1) is 0 Å². The lowest BCUT2D eigenvalue weighted by Crippen LogP contribution is -2.15. The van der Waals surface area contributed by atoms with Crippen LogP contribution in [0.25, 0.3) is 11.0 Å². The quantitative estimate of drug-likeness (QED) is 0.807. The number of rotatable bonds is 3. The molecular weight excluding hydrogens is 281 g/mol. The molecule has 22 heavy (non-hydrogen) atoms. The van der Waals surface area contributed by atoms with Gasteiger partial charge >= 0.3 is 0 Å². The van der Waals surface area contributed by atoms with Gasteiger partial charge in [0.1, 0.15) is 11.6 Å². The molecular formula is C17H16FN3O. The number of nitrogens with one attached hydrogen (secondary N) is 1. The van der Waals surface area contributed by atoms with E-state index >= 15 is 0 Å². The maximum Gasteiger partial charge on any atom is 0.228 e. The molecule has 0 fully saturated rings. The second-order valence-corrected chi connectivity index (χ2v) is 5.25. The first-order chi connectivity index (χ1) is 10.5. The summed E-state index contributed by atoms with van der Waals surface area (Å²) < 4.78 is 15.5. The van der Waals surface area contributed by atoms with Crippen molar-refractivity contribution < 1.29 is 9.18 Å². The van der Waals surface area contributed by atoms with Crippen molar-refractivity contribution in [1.29, 1.82) is 0 Å². The van der Waals surface area contributed by atoms with E-state index in [0.29, 0.717) is 0 Å². The number of para-hydroxylation sites is 1. The van der Waals surface area contributed by atoms with Crippen molar-refractivity contribution in [3.05, 3.63) is 59.7 Å². The molecule has 4 nitrogen and oxygen atoms in total. The van der Waals surface area contributed by atoms with Crippen LogP contribution in [-0.2, 0) is 18.3 Å². The van der Waals surface area contributed by atoms with Crippen molar-refractivity contribution in [3.63, 3.8) is 0 Å². The average molecular weight is 297 g/mol. The number of halogens is 1. The standard InChI is InChI=1S/C17H16FN3O/c1-11-19-15-9-12(7-8-16(15)21(11)2)10-17(22)20-14-6-4-3-5-13(14)18/h3-9H,10H2,1-2H3,(H,20,22). The topological polar surface area (TPSA) is 46.9 Å². The summed E-state index contributed by atoms with van der Waals surface area (Å²) in [7, 11) is 1.95. The molecule has 0 aliphatic rings. The Bertz CT molecular complexity index is 854. The Labute approximate surface area is 127 Å². The highest BCUT2D eigenvalue weighted by Crippen LogP contribution is 2.18. The van der Waals surface area contributed by atoms with Crippen molar-refractivity contribution in [2.45, 2.75) is 13.3 Å². The van der Waals surface area contributed by atoms with Crippen molar-refractivity contribution in [3.8, 4) is 0 Å². The molecule has 0 saturated heterocycles. The van der Waals surface area contributed by atoms with Gasteiger partial charge in [0.15, 0.2) is 0 Å². The number of fused-ring (bicyclic) bond motifs is 1. The van der Waals surface area contributed by atoms with Crippen LogP contribution in [0.15, 0.2) is 42.5 Å². The van der Waals surface area contributed by atoms with Gasteiger partial charge in [0, 0.05) is 7.05 Å². The minimum atomic E-state index is -0.438. The molecule has 1 N–H and O–H groups in total. The summed E-state index contributed by atoms with van der Waals surface area (Å²) in [6.45, 7) is 1.94. The molecule has 112 valence electrons. The summed E-state index contributed by atoms with van der Waals surface area (Å²) in [5, 5.41) is 2.58. The molecule has 0 bridgehead atoms. The van der Waals surface area contributed by atoms with Crippen molar-refractivity contribution in [2.75, 3.05) is 5.32 Å². The lowest BCUT2D eigenvalue weighted by molar-refractivity contribution is -0.115. The van der Waals surface area contributed by atoms with E-state index in [2.05, 4.69) is 10.3 Å². The molecule has 1 aromatic heterocycles. The summed E-state index contributed by atoms with van der Waals surface area (Å²) in [5.74, 6) is 0.228. The van der Waals surface area contributed by atoms with Crippen LogP contribution in [0.3, 0.4) is 0 Å². The summed E-state index contributed by atoms with van der Waals surface area (Å²) in [4.78, 5) is 16.5. The number of benzene rings is 2. The zero-order chi connectivity index (χ0) is 15.7. The number of aromatic nitrogens is 2. The van der Waals surface area contributed by atoms with Crippen LogP contribution in [0.5, 0.6) is 0 Å². The Hall–Kier alpha value is -2.69. The summed E-state index contributed by atoms with van der Waals surface area (Å²) in [5.41, 5.74) is 2.92. The second-order valence-electron chi connectivity index (χ2n) is 5.25. The van der Waals surface area contributed by atoms with Crippen molar-refractivity contribution >= 4 is 22.6 Å². The summed E-state index contributed by atoms with van der Waals surface area (Å²) >= 11 is 0. The highest BCUT2D eigenvalue weighted by atomic mass is 19.1. The van der Waals surface area contributed by atoms with E-state index in [1.807, 2.05) is 36.7 Å². The van der Waals surface area contributed by atoms with Gasteiger partial charge in [0.2, 0.25) is 5.91 Å². The molecule has 5 heteroatoms. The molecule has 0 radical (unpaired) electrons. The van der Waals surface area contributed by atoms with Gasteiger partial charge in [-0.2, -0.15) is 0 Å². The fourth-order valence-electron chi connectivity index (χ4n) is 2.42. The zero-order valence-corrected chi connectivity index (χ0v) is 12.4. The van der Waals surface area contributed by atoms with E-state index < -0.39 is 5.82 Å². The van der Waals surface area contributed by atoms with E-state index in [4.69, 9.17) is 0 Å². The summed E-state index contributed by atoms with van der Waals surface area (Å²) in [6, 6.07) is 11.9. The third-order valence-corrected chi connectivity index (χ3v) is 3.68. The van der Waals surface area contributed by atoms with Gasteiger partial charge in [-0.05, 0) is 36.8 Å². The normalized spacial score (nSPS) is 10.9. The van der Waals surface area contributed by atoms with Gasteiger partial charge in [0.05, 0.1) is 23.1 Å². The van der Waals surface area contributed by atoms with Crippen LogP contribution in [0.4, 0.5) is 10.1 Å². The second kappa shape index (κ2) is 5.60. The zero-order valence-electron chi connectivity index (χ0n) is 12.4. The number of carbonyl (C=O) groups excluding carboxylic acids is 1. The Morgan fingerprint density at radius 2 is 2.05 bits per heavy atom. The number of anilines is 1. The third kappa shape index (κ3) is 2.70. The molecule has 0 saturated carbocycles. The largest absolute Gasteiger partial charge is 0.331 e.